The number of amides is 3. The number of carbonyl (C=O) groups excluding carboxylic acids is 3. The second-order valence-corrected chi connectivity index (χ2v) is 5.38. The van der Waals surface area contributed by atoms with Crippen LogP contribution in [0.2, 0.25) is 0 Å². The average molecular weight is 319 g/mol. The molecule has 0 aromatic carbocycles. The third kappa shape index (κ3) is 4.55. The third-order valence-electron chi connectivity index (χ3n) is 3.82. The zero-order valence-corrected chi connectivity index (χ0v) is 13.7. The Morgan fingerprint density at radius 1 is 1.35 bits per heavy atom. The number of hydrogen-bond donors (Lipinski definition) is 1. The normalized spacial score (nSPS) is 18.2. The molecule has 0 spiro atoms. The number of nitrogens with one attached hydrogen (secondary N) is 1. The number of rotatable bonds is 9. The van der Waals surface area contributed by atoms with Crippen LogP contribution in [0.4, 0.5) is 0 Å². The van der Waals surface area contributed by atoms with Gasteiger partial charge in [0.15, 0.2) is 0 Å². The van der Waals surface area contributed by atoms with Gasteiger partial charge in [0.1, 0.15) is 12.1 Å². The van der Waals surface area contributed by atoms with Crippen LogP contribution in [0.15, 0.2) is 38.0 Å². The van der Waals surface area contributed by atoms with Gasteiger partial charge in [0, 0.05) is 26.1 Å². The molecule has 126 valence electrons. The van der Waals surface area contributed by atoms with Gasteiger partial charge in [-0.15, -0.1) is 19.7 Å². The molecule has 1 aliphatic heterocycles. The Bertz CT molecular complexity index is 501. The summed E-state index contributed by atoms with van der Waals surface area (Å²) in [6, 6.07) is -1.20. The molecule has 0 aromatic heterocycles. The maximum Gasteiger partial charge on any atom is 0.246 e. The van der Waals surface area contributed by atoms with Gasteiger partial charge in [0.05, 0.1) is 0 Å². The highest BCUT2D eigenvalue weighted by atomic mass is 16.2. The SMILES string of the molecule is C=CCNC(=O)C(C)N(CC=C)C(=O)[C@@H]1CCC(=O)N1CC=C. The minimum absolute atomic E-state index is 0.0643. The minimum atomic E-state index is -0.651. The number of likely N-dealkylation sites (tertiary alicyclic amines) is 1. The van der Waals surface area contributed by atoms with E-state index in [1.807, 2.05) is 0 Å². The molecule has 1 aliphatic rings. The van der Waals surface area contributed by atoms with E-state index in [0.29, 0.717) is 25.9 Å². The molecule has 1 heterocycles. The number of nitrogens with zero attached hydrogens (tertiary/aromatic N) is 2. The molecule has 1 rings (SSSR count). The number of carbonyl (C=O) groups is 3. The summed E-state index contributed by atoms with van der Waals surface area (Å²) in [6.45, 7) is 13.4. The van der Waals surface area contributed by atoms with Gasteiger partial charge >= 0.3 is 0 Å². The van der Waals surface area contributed by atoms with E-state index in [1.54, 1.807) is 25.2 Å². The molecule has 0 radical (unpaired) electrons. The molecular formula is C17H25N3O3. The molecule has 3 amide bonds. The molecule has 1 unspecified atom stereocenters. The molecule has 0 saturated carbocycles. The van der Waals surface area contributed by atoms with Crippen LogP contribution in [0, 0.1) is 0 Å². The lowest BCUT2D eigenvalue weighted by molar-refractivity contribution is -0.145. The summed E-state index contributed by atoms with van der Waals surface area (Å²) >= 11 is 0. The molecule has 23 heavy (non-hydrogen) atoms. The van der Waals surface area contributed by atoms with E-state index in [-0.39, 0.29) is 24.3 Å². The second kappa shape index (κ2) is 8.92. The summed E-state index contributed by atoms with van der Waals surface area (Å²) in [4.78, 5) is 39.8. The second-order valence-electron chi connectivity index (χ2n) is 5.38. The van der Waals surface area contributed by atoms with Crippen molar-refractivity contribution in [3.8, 4) is 0 Å². The summed E-state index contributed by atoms with van der Waals surface area (Å²) in [6.07, 6.45) is 5.54. The van der Waals surface area contributed by atoms with E-state index >= 15 is 0 Å². The maximum atomic E-state index is 12.8. The van der Waals surface area contributed by atoms with Crippen molar-refractivity contribution in [2.75, 3.05) is 19.6 Å². The van der Waals surface area contributed by atoms with Crippen molar-refractivity contribution in [1.29, 1.82) is 0 Å². The highest BCUT2D eigenvalue weighted by Gasteiger charge is 2.39. The zero-order chi connectivity index (χ0) is 17.4. The Balaban J connectivity index is 2.90. The first kappa shape index (κ1) is 18.7. The first-order valence-electron chi connectivity index (χ1n) is 7.68. The largest absolute Gasteiger partial charge is 0.351 e. The first-order valence-corrected chi connectivity index (χ1v) is 7.68. The van der Waals surface area contributed by atoms with Crippen LogP contribution in [0.25, 0.3) is 0 Å². The van der Waals surface area contributed by atoms with Crippen molar-refractivity contribution in [2.24, 2.45) is 0 Å². The zero-order valence-electron chi connectivity index (χ0n) is 13.7. The number of hydrogen-bond acceptors (Lipinski definition) is 3. The lowest BCUT2D eigenvalue weighted by Gasteiger charge is -2.32. The fourth-order valence-corrected chi connectivity index (χ4v) is 2.59. The van der Waals surface area contributed by atoms with Crippen molar-refractivity contribution < 1.29 is 14.4 Å². The molecule has 6 nitrogen and oxygen atoms in total. The van der Waals surface area contributed by atoms with Crippen LogP contribution < -0.4 is 5.32 Å². The van der Waals surface area contributed by atoms with Gasteiger partial charge in [-0.3, -0.25) is 14.4 Å². The Kier molecular flexibility index (Phi) is 7.25. The van der Waals surface area contributed by atoms with E-state index in [2.05, 4.69) is 25.1 Å². The minimum Gasteiger partial charge on any atom is -0.351 e. The quantitative estimate of drug-likeness (QED) is 0.641. The van der Waals surface area contributed by atoms with Crippen LogP contribution in [0.3, 0.4) is 0 Å². The average Bonchev–Trinajstić information content (AvgIpc) is 2.90. The van der Waals surface area contributed by atoms with Crippen molar-refractivity contribution in [3.63, 3.8) is 0 Å². The van der Waals surface area contributed by atoms with Gasteiger partial charge in [-0.1, -0.05) is 18.2 Å². The standard InChI is InChI=1S/C17H25N3O3/c1-5-10-18-16(22)13(4)19(11-6-2)17(23)14-8-9-15(21)20(14)12-7-3/h5-7,13-14H,1-3,8-12H2,4H3,(H,18,22)/t13?,14-/m0/s1. The van der Waals surface area contributed by atoms with Gasteiger partial charge in [-0.2, -0.15) is 0 Å². The summed E-state index contributed by atoms with van der Waals surface area (Å²) < 4.78 is 0. The van der Waals surface area contributed by atoms with Crippen LogP contribution >= 0.6 is 0 Å². The van der Waals surface area contributed by atoms with E-state index in [9.17, 15) is 14.4 Å². The predicted molar refractivity (Wildman–Crippen MR) is 89.5 cm³/mol. The predicted octanol–water partition coefficient (Wildman–Crippen LogP) is 0.869. The maximum absolute atomic E-state index is 12.8. The summed E-state index contributed by atoms with van der Waals surface area (Å²) in [5, 5.41) is 2.68. The van der Waals surface area contributed by atoms with Crippen molar-refractivity contribution >= 4 is 17.7 Å². The van der Waals surface area contributed by atoms with Crippen LogP contribution in [-0.2, 0) is 14.4 Å². The third-order valence-corrected chi connectivity index (χ3v) is 3.82. The Hall–Kier alpha value is -2.37. The van der Waals surface area contributed by atoms with E-state index in [1.165, 1.54) is 9.80 Å². The fraction of sp³-hybridized carbons (Fsp3) is 0.471. The summed E-state index contributed by atoms with van der Waals surface area (Å²) in [5.74, 6) is -0.566. The van der Waals surface area contributed by atoms with Gasteiger partial charge in [0.2, 0.25) is 17.7 Å². The molecule has 1 fully saturated rings. The van der Waals surface area contributed by atoms with Crippen molar-refractivity contribution in [2.45, 2.75) is 31.8 Å². The van der Waals surface area contributed by atoms with Crippen molar-refractivity contribution in [3.05, 3.63) is 38.0 Å². The molecule has 0 aliphatic carbocycles. The van der Waals surface area contributed by atoms with E-state index in [0.717, 1.165) is 0 Å². The molecule has 0 aromatic rings. The molecule has 1 saturated heterocycles. The van der Waals surface area contributed by atoms with Crippen molar-refractivity contribution in [1.82, 2.24) is 15.1 Å². The Morgan fingerprint density at radius 2 is 2.04 bits per heavy atom. The van der Waals surface area contributed by atoms with E-state index < -0.39 is 12.1 Å². The Labute approximate surface area is 137 Å². The lowest BCUT2D eigenvalue weighted by atomic mass is 10.1. The highest BCUT2D eigenvalue weighted by molar-refractivity contribution is 5.94. The lowest BCUT2D eigenvalue weighted by Crippen LogP contribution is -2.54. The smallest absolute Gasteiger partial charge is 0.246 e. The summed E-state index contributed by atoms with van der Waals surface area (Å²) in [7, 11) is 0. The summed E-state index contributed by atoms with van der Waals surface area (Å²) in [5.41, 5.74) is 0. The van der Waals surface area contributed by atoms with Crippen LogP contribution in [-0.4, -0.2) is 59.2 Å². The molecule has 2 atom stereocenters. The Morgan fingerprint density at radius 3 is 2.61 bits per heavy atom. The first-order chi connectivity index (χ1) is 11.0. The fourth-order valence-electron chi connectivity index (χ4n) is 2.59. The topological polar surface area (TPSA) is 69.7 Å². The van der Waals surface area contributed by atoms with Crippen LogP contribution in [0.1, 0.15) is 19.8 Å². The van der Waals surface area contributed by atoms with Gasteiger partial charge in [-0.25, -0.2) is 0 Å². The molecular weight excluding hydrogens is 294 g/mol. The molecule has 1 N–H and O–H groups in total. The highest BCUT2D eigenvalue weighted by Crippen LogP contribution is 2.21. The molecule has 6 heteroatoms. The van der Waals surface area contributed by atoms with Gasteiger partial charge < -0.3 is 15.1 Å². The van der Waals surface area contributed by atoms with E-state index in [4.69, 9.17) is 0 Å². The molecule has 0 bridgehead atoms. The van der Waals surface area contributed by atoms with Gasteiger partial charge in [0.25, 0.3) is 0 Å². The van der Waals surface area contributed by atoms with Gasteiger partial charge in [-0.05, 0) is 13.3 Å². The monoisotopic (exact) mass is 319 g/mol. The van der Waals surface area contributed by atoms with Crippen LogP contribution in [0.5, 0.6) is 0 Å².